The number of rotatable bonds is 3. The molecule has 98 valence electrons. The number of nitrogens with one attached hydrogen (secondary N) is 1. The van der Waals surface area contributed by atoms with Gasteiger partial charge in [-0.1, -0.05) is 0 Å². The van der Waals surface area contributed by atoms with Crippen molar-refractivity contribution in [2.45, 2.75) is 12.3 Å². The van der Waals surface area contributed by atoms with Crippen molar-refractivity contribution in [3.63, 3.8) is 0 Å². The maximum Gasteiger partial charge on any atom is 0.228 e. The zero-order valence-corrected chi connectivity index (χ0v) is 11.5. The lowest BCUT2D eigenvalue weighted by atomic mass is 10.2. The molecule has 5 heteroatoms. The molecule has 1 aromatic heterocycles. The van der Waals surface area contributed by atoms with E-state index in [4.69, 9.17) is 4.42 Å². The number of anilines is 1. The summed E-state index contributed by atoms with van der Waals surface area (Å²) in [5.41, 5.74) is 0.580. The zero-order chi connectivity index (χ0) is 13.4. The SMILES string of the molecule is O=C(Nc1ccc(F)cc1Br)C1CC1c1ccco1. The van der Waals surface area contributed by atoms with E-state index in [1.54, 1.807) is 12.3 Å². The Hall–Kier alpha value is -1.62. The van der Waals surface area contributed by atoms with Crippen molar-refractivity contribution in [2.75, 3.05) is 5.32 Å². The summed E-state index contributed by atoms with van der Waals surface area (Å²) in [5, 5.41) is 2.80. The molecule has 1 N–H and O–H groups in total. The topological polar surface area (TPSA) is 42.2 Å². The van der Waals surface area contributed by atoms with Gasteiger partial charge in [-0.2, -0.15) is 0 Å². The highest BCUT2D eigenvalue weighted by atomic mass is 79.9. The molecular weight excluding hydrogens is 313 g/mol. The van der Waals surface area contributed by atoms with E-state index in [1.807, 2.05) is 12.1 Å². The molecule has 3 rings (SSSR count). The fraction of sp³-hybridized carbons (Fsp3) is 0.214. The molecular formula is C14H11BrFNO2. The standard InChI is InChI=1S/C14H11BrFNO2/c15-11-6-8(16)3-4-12(11)17-14(18)10-7-9(10)13-2-1-5-19-13/h1-6,9-10H,7H2,(H,17,18). The molecule has 19 heavy (non-hydrogen) atoms. The molecule has 2 unspecified atom stereocenters. The van der Waals surface area contributed by atoms with Crippen LogP contribution in [-0.4, -0.2) is 5.91 Å². The van der Waals surface area contributed by atoms with Crippen molar-refractivity contribution < 1.29 is 13.6 Å². The van der Waals surface area contributed by atoms with Crippen molar-refractivity contribution in [3.8, 4) is 0 Å². The van der Waals surface area contributed by atoms with Crippen LogP contribution in [0.4, 0.5) is 10.1 Å². The van der Waals surface area contributed by atoms with Gasteiger partial charge in [0, 0.05) is 16.3 Å². The van der Waals surface area contributed by atoms with E-state index in [0.29, 0.717) is 10.2 Å². The average Bonchev–Trinajstić information content (AvgIpc) is 2.99. The number of amides is 1. The number of carbonyl (C=O) groups is 1. The second-order valence-corrected chi connectivity index (χ2v) is 5.43. The summed E-state index contributed by atoms with van der Waals surface area (Å²) in [6.45, 7) is 0. The highest BCUT2D eigenvalue weighted by Crippen LogP contribution is 2.48. The monoisotopic (exact) mass is 323 g/mol. The molecule has 3 nitrogen and oxygen atoms in total. The third kappa shape index (κ3) is 2.56. The maximum atomic E-state index is 12.9. The second-order valence-electron chi connectivity index (χ2n) is 4.58. The Morgan fingerprint density at radius 3 is 2.95 bits per heavy atom. The third-order valence-corrected chi connectivity index (χ3v) is 3.88. The number of benzene rings is 1. The molecule has 0 bridgehead atoms. The molecule has 1 aromatic carbocycles. The number of carbonyl (C=O) groups excluding carboxylic acids is 1. The van der Waals surface area contributed by atoms with Crippen LogP contribution >= 0.6 is 15.9 Å². The van der Waals surface area contributed by atoms with Crippen LogP contribution in [-0.2, 0) is 4.79 Å². The van der Waals surface area contributed by atoms with Gasteiger partial charge < -0.3 is 9.73 Å². The van der Waals surface area contributed by atoms with E-state index in [0.717, 1.165) is 12.2 Å². The normalized spacial score (nSPS) is 21.2. The summed E-state index contributed by atoms with van der Waals surface area (Å²) in [4.78, 5) is 12.1. The lowest BCUT2D eigenvalue weighted by molar-refractivity contribution is -0.117. The number of hydrogen-bond donors (Lipinski definition) is 1. The first-order valence-electron chi connectivity index (χ1n) is 5.94. The van der Waals surface area contributed by atoms with E-state index >= 15 is 0 Å². The Balaban J connectivity index is 1.67. The molecule has 1 saturated carbocycles. The molecule has 1 heterocycles. The molecule has 1 amide bonds. The van der Waals surface area contributed by atoms with Crippen molar-refractivity contribution in [2.24, 2.45) is 5.92 Å². The van der Waals surface area contributed by atoms with Crippen LogP contribution in [0.1, 0.15) is 18.1 Å². The number of furan rings is 1. The molecule has 2 aromatic rings. The average molecular weight is 324 g/mol. The van der Waals surface area contributed by atoms with Crippen LogP contribution in [0.15, 0.2) is 45.5 Å². The number of halogens is 2. The first-order valence-corrected chi connectivity index (χ1v) is 6.74. The largest absolute Gasteiger partial charge is 0.469 e. The predicted octanol–water partition coefficient (Wildman–Crippen LogP) is 3.92. The third-order valence-electron chi connectivity index (χ3n) is 3.22. The zero-order valence-electron chi connectivity index (χ0n) is 9.90. The van der Waals surface area contributed by atoms with Crippen molar-refractivity contribution in [1.82, 2.24) is 0 Å². The summed E-state index contributed by atoms with van der Waals surface area (Å²) >= 11 is 3.23. The van der Waals surface area contributed by atoms with Gasteiger partial charge >= 0.3 is 0 Å². The minimum absolute atomic E-state index is 0.0614. The van der Waals surface area contributed by atoms with Crippen molar-refractivity contribution in [3.05, 3.63) is 52.6 Å². The van der Waals surface area contributed by atoms with Crippen LogP contribution in [0.2, 0.25) is 0 Å². The van der Waals surface area contributed by atoms with E-state index in [9.17, 15) is 9.18 Å². The first kappa shape index (κ1) is 12.4. The van der Waals surface area contributed by atoms with E-state index in [-0.39, 0.29) is 23.6 Å². The minimum Gasteiger partial charge on any atom is -0.469 e. The summed E-state index contributed by atoms with van der Waals surface area (Å²) in [7, 11) is 0. The first-order chi connectivity index (χ1) is 9.15. The van der Waals surface area contributed by atoms with Gasteiger partial charge in [0.05, 0.1) is 12.0 Å². The van der Waals surface area contributed by atoms with E-state index in [1.165, 1.54) is 12.1 Å². The van der Waals surface area contributed by atoms with Crippen LogP contribution in [0.25, 0.3) is 0 Å². The van der Waals surface area contributed by atoms with Gasteiger partial charge in [-0.05, 0) is 52.7 Å². The minimum atomic E-state index is -0.343. The van der Waals surface area contributed by atoms with E-state index in [2.05, 4.69) is 21.2 Å². The number of hydrogen-bond acceptors (Lipinski definition) is 2. The van der Waals surface area contributed by atoms with E-state index < -0.39 is 0 Å². The van der Waals surface area contributed by atoms with Gasteiger partial charge in [0.2, 0.25) is 5.91 Å². The smallest absolute Gasteiger partial charge is 0.228 e. The highest BCUT2D eigenvalue weighted by molar-refractivity contribution is 9.10. The fourth-order valence-corrected chi connectivity index (χ4v) is 2.57. The van der Waals surface area contributed by atoms with Crippen LogP contribution in [0, 0.1) is 11.7 Å². The van der Waals surface area contributed by atoms with Crippen molar-refractivity contribution >= 4 is 27.5 Å². The predicted molar refractivity (Wildman–Crippen MR) is 72.3 cm³/mol. The van der Waals surface area contributed by atoms with Gasteiger partial charge in [0.25, 0.3) is 0 Å². The maximum absolute atomic E-state index is 12.9. The molecule has 0 spiro atoms. The summed E-state index contributed by atoms with van der Waals surface area (Å²) in [5.74, 6) is 0.536. The molecule has 1 fully saturated rings. The highest BCUT2D eigenvalue weighted by Gasteiger charge is 2.45. The molecule has 0 radical (unpaired) electrons. The van der Waals surface area contributed by atoms with Gasteiger partial charge in [-0.25, -0.2) is 4.39 Å². The summed E-state index contributed by atoms with van der Waals surface area (Å²) in [6, 6.07) is 7.89. The molecule has 1 aliphatic rings. The van der Waals surface area contributed by atoms with Gasteiger partial charge in [-0.3, -0.25) is 4.79 Å². The Bertz CT molecular complexity index is 612. The van der Waals surface area contributed by atoms with Gasteiger partial charge in [0.1, 0.15) is 11.6 Å². The lowest BCUT2D eigenvalue weighted by Gasteiger charge is -2.06. The second kappa shape index (κ2) is 4.81. The fourth-order valence-electron chi connectivity index (χ4n) is 2.12. The van der Waals surface area contributed by atoms with Gasteiger partial charge in [0.15, 0.2) is 0 Å². The molecule has 0 saturated heterocycles. The van der Waals surface area contributed by atoms with Crippen LogP contribution < -0.4 is 5.32 Å². The summed E-state index contributed by atoms with van der Waals surface area (Å²) < 4.78 is 18.8. The van der Waals surface area contributed by atoms with Crippen LogP contribution in [0.5, 0.6) is 0 Å². The molecule has 2 atom stereocenters. The molecule has 1 aliphatic carbocycles. The summed E-state index contributed by atoms with van der Waals surface area (Å²) in [6.07, 6.45) is 2.40. The van der Waals surface area contributed by atoms with Crippen molar-refractivity contribution in [1.29, 1.82) is 0 Å². The Morgan fingerprint density at radius 1 is 1.42 bits per heavy atom. The lowest BCUT2D eigenvalue weighted by Crippen LogP contribution is -2.14. The molecule has 0 aliphatic heterocycles. The Morgan fingerprint density at radius 2 is 2.26 bits per heavy atom. The quantitative estimate of drug-likeness (QED) is 0.930. The Labute approximate surface area is 117 Å². The van der Waals surface area contributed by atoms with Crippen LogP contribution in [0.3, 0.4) is 0 Å². The Kier molecular flexibility index (Phi) is 3.14. The van der Waals surface area contributed by atoms with Gasteiger partial charge in [-0.15, -0.1) is 0 Å².